The number of piperidine rings is 1. The van der Waals surface area contributed by atoms with Crippen molar-refractivity contribution in [3.63, 3.8) is 0 Å². The number of anilines is 1. The van der Waals surface area contributed by atoms with Gasteiger partial charge in [0.15, 0.2) is 0 Å². The molecular formula is C37H52F2N6O3. The van der Waals surface area contributed by atoms with Gasteiger partial charge in [0, 0.05) is 56.1 Å². The van der Waals surface area contributed by atoms with Crippen molar-refractivity contribution < 1.29 is 23.1 Å². The number of fused-ring (bicyclic) bond motifs is 1. The smallest absolute Gasteiger partial charge is 0.407 e. The topological polar surface area (TPSA) is 91.2 Å². The molecule has 0 unspecified atom stereocenters. The number of ether oxygens (including phenoxy) is 1. The van der Waals surface area contributed by atoms with E-state index in [0.29, 0.717) is 49.9 Å². The lowest BCUT2D eigenvalue weighted by molar-refractivity contribution is 0.0429. The number of halogens is 2. The van der Waals surface area contributed by atoms with E-state index in [1.807, 2.05) is 52.9 Å². The lowest BCUT2D eigenvalue weighted by atomic mass is 9.83. The quantitative estimate of drug-likeness (QED) is 0.254. The molecule has 5 rings (SSSR count). The van der Waals surface area contributed by atoms with Gasteiger partial charge in [0.05, 0.1) is 23.0 Å². The molecule has 262 valence electrons. The second-order valence-electron chi connectivity index (χ2n) is 14.8. The van der Waals surface area contributed by atoms with E-state index in [2.05, 4.69) is 32.8 Å². The summed E-state index contributed by atoms with van der Waals surface area (Å²) in [6, 6.07) is 6.63. The van der Waals surface area contributed by atoms with Crippen molar-refractivity contribution in [3.8, 4) is 11.1 Å². The Balaban J connectivity index is 1.25. The first kappa shape index (κ1) is 35.6. The third-order valence-electron chi connectivity index (χ3n) is 9.71. The number of imidazole rings is 1. The zero-order chi connectivity index (χ0) is 34.8. The summed E-state index contributed by atoms with van der Waals surface area (Å²) >= 11 is 0. The number of aryl methyl sites for hydroxylation is 1. The van der Waals surface area contributed by atoms with E-state index in [1.54, 1.807) is 17.2 Å². The summed E-state index contributed by atoms with van der Waals surface area (Å²) in [4.78, 5) is 34.5. The molecule has 0 spiro atoms. The molecule has 48 heavy (non-hydrogen) atoms. The molecule has 3 aromatic rings. The lowest BCUT2D eigenvalue weighted by Gasteiger charge is -2.38. The summed E-state index contributed by atoms with van der Waals surface area (Å²) in [7, 11) is 0. The second kappa shape index (κ2) is 14.4. The molecule has 0 bridgehead atoms. The monoisotopic (exact) mass is 666 g/mol. The Kier molecular flexibility index (Phi) is 10.7. The fraction of sp³-hybridized carbons (Fsp3) is 0.595. The van der Waals surface area contributed by atoms with Crippen molar-refractivity contribution in [1.82, 2.24) is 24.9 Å². The Morgan fingerprint density at radius 1 is 1.08 bits per heavy atom. The van der Waals surface area contributed by atoms with Crippen LogP contribution in [-0.4, -0.2) is 81.9 Å². The molecular weight excluding hydrogens is 614 g/mol. The number of amides is 2. The van der Waals surface area contributed by atoms with Crippen molar-refractivity contribution in [2.24, 2.45) is 0 Å². The summed E-state index contributed by atoms with van der Waals surface area (Å²) in [5.74, 6) is 0.169. The van der Waals surface area contributed by atoms with Crippen molar-refractivity contribution in [3.05, 3.63) is 53.9 Å². The van der Waals surface area contributed by atoms with Gasteiger partial charge in [-0.25, -0.2) is 18.6 Å². The first-order valence-electron chi connectivity index (χ1n) is 17.4. The van der Waals surface area contributed by atoms with Crippen LogP contribution in [0.4, 0.5) is 19.3 Å². The Labute approximate surface area is 283 Å². The third-order valence-corrected chi connectivity index (χ3v) is 9.71. The van der Waals surface area contributed by atoms with E-state index >= 15 is 4.39 Å². The molecule has 0 radical (unpaired) electrons. The number of rotatable bonds is 9. The maximum absolute atomic E-state index is 15.8. The highest BCUT2D eigenvalue weighted by atomic mass is 19.1. The number of nitrogens with zero attached hydrogens (tertiary/aromatic N) is 4. The lowest BCUT2D eigenvalue weighted by Crippen LogP contribution is -2.50. The zero-order valence-electron chi connectivity index (χ0n) is 29.5. The highest BCUT2D eigenvalue weighted by Crippen LogP contribution is 2.35. The van der Waals surface area contributed by atoms with E-state index < -0.39 is 23.2 Å². The minimum absolute atomic E-state index is 0.0273. The number of benzene rings is 1. The van der Waals surface area contributed by atoms with Crippen LogP contribution in [0.3, 0.4) is 0 Å². The Bertz CT molecular complexity index is 1600. The van der Waals surface area contributed by atoms with E-state index in [4.69, 9.17) is 4.74 Å². The maximum Gasteiger partial charge on any atom is 0.407 e. The second-order valence-corrected chi connectivity index (χ2v) is 14.8. The fourth-order valence-electron chi connectivity index (χ4n) is 7.02. The Morgan fingerprint density at radius 3 is 2.40 bits per heavy atom. The minimum Gasteiger partial charge on any atom is -0.444 e. The largest absolute Gasteiger partial charge is 0.444 e. The van der Waals surface area contributed by atoms with E-state index in [-0.39, 0.29) is 24.0 Å². The summed E-state index contributed by atoms with van der Waals surface area (Å²) < 4.78 is 37.7. The van der Waals surface area contributed by atoms with Crippen LogP contribution < -0.4 is 15.5 Å². The fourth-order valence-corrected chi connectivity index (χ4v) is 7.02. The highest BCUT2D eigenvalue weighted by molar-refractivity contribution is 6.03. The number of hydrogen-bond acceptors (Lipinski definition) is 6. The van der Waals surface area contributed by atoms with Crippen LogP contribution in [0.1, 0.15) is 96.2 Å². The molecule has 1 aliphatic carbocycles. The summed E-state index contributed by atoms with van der Waals surface area (Å²) in [5, 5.41) is 6.40. The van der Waals surface area contributed by atoms with Crippen LogP contribution in [0.15, 0.2) is 36.7 Å². The molecule has 2 N–H and O–H groups in total. The molecule has 1 aromatic carbocycles. The van der Waals surface area contributed by atoms with Gasteiger partial charge in [-0.2, -0.15) is 0 Å². The molecule has 1 saturated carbocycles. The van der Waals surface area contributed by atoms with Crippen LogP contribution >= 0.6 is 0 Å². The number of pyridine rings is 1. The average molecular weight is 667 g/mol. The average Bonchev–Trinajstić information content (AvgIpc) is 3.40. The number of alkyl halides is 1. The molecule has 1 aliphatic heterocycles. The molecule has 2 aliphatic rings. The van der Waals surface area contributed by atoms with E-state index in [9.17, 15) is 14.0 Å². The Hall–Kier alpha value is -3.73. The highest BCUT2D eigenvalue weighted by Gasteiger charge is 2.37. The number of carbonyl (C=O) groups is 2. The van der Waals surface area contributed by atoms with Gasteiger partial charge in [0.2, 0.25) is 0 Å². The van der Waals surface area contributed by atoms with Crippen LogP contribution in [0.2, 0.25) is 0 Å². The molecule has 11 heteroatoms. The van der Waals surface area contributed by atoms with Crippen LogP contribution in [-0.2, 0) is 4.74 Å². The molecule has 2 amide bonds. The standard InChI is InChI=1S/C37H52F2N6O3/c1-8-44(24(2)3)34(46)32-19-26(38)9-10-30(32)31-20-29(22-45-25(4)40-21-33(31)45)43-17-13-27(14-18-43)41-23-37(39)15-11-28(12-16-37)42-35(47)48-36(5,6)7/h9-10,19-22,24,27-28,41H,8,11-18,23H2,1-7H3,(H,42,47). The van der Waals surface area contributed by atoms with Gasteiger partial charge < -0.3 is 29.6 Å². The Morgan fingerprint density at radius 2 is 1.77 bits per heavy atom. The van der Waals surface area contributed by atoms with Gasteiger partial charge in [-0.15, -0.1) is 0 Å². The third kappa shape index (κ3) is 8.28. The van der Waals surface area contributed by atoms with Gasteiger partial charge in [0.1, 0.15) is 22.9 Å². The van der Waals surface area contributed by atoms with Crippen molar-refractivity contribution in [1.29, 1.82) is 0 Å². The zero-order valence-corrected chi connectivity index (χ0v) is 29.5. The first-order valence-corrected chi connectivity index (χ1v) is 17.4. The molecule has 0 atom stereocenters. The number of alkyl carbamates (subject to hydrolysis) is 1. The van der Waals surface area contributed by atoms with Gasteiger partial charge in [-0.3, -0.25) is 4.79 Å². The van der Waals surface area contributed by atoms with Crippen molar-refractivity contribution in [2.75, 3.05) is 31.1 Å². The number of hydrogen-bond donors (Lipinski definition) is 2. The van der Waals surface area contributed by atoms with Crippen LogP contribution in [0.5, 0.6) is 0 Å². The molecule has 9 nitrogen and oxygen atoms in total. The van der Waals surface area contributed by atoms with Gasteiger partial charge in [-0.1, -0.05) is 6.07 Å². The number of nitrogens with one attached hydrogen (secondary N) is 2. The van der Waals surface area contributed by atoms with Gasteiger partial charge in [0.25, 0.3) is 5.91 Å². The summed E-state index contributed by atoms with van der Waals surface area (Å²) in [6.45, 7) is 15.7. The first-order chi connectivity index (χ1) is 22.7. The van der Waals surface area contributed by atoms with Crippen molar-refractivity contribution in [2.45, 2.75) is 116 Å². The van der Waals surface area contributed by atoms with Gasteiger partial charge in [-0.05, 0) is 111 Å². The summed E-state index contributed by atoms with van der Waals surface area (Å²) in [6.07, 6.45) is 7.11. The minimum atomic E-state index is -1.30. The van der Waals surface area contributed by atoms with Crippen LogP contribution in [0, 0.1) is 12.7 Å². The predicted octanol–water partition coefficient (Wildman–Crippen LogP) is 7.05. The summed E-state index contributed by atoms with van der Waals surface area (Å²) in [5.41, 5.74) is 1.82. The molecule has 2 fully saturated rings. The van der Waals surface area contributed by atoms with Crippen LogP contribution in [0.25, 0.3) is 16.6 Å². The normalized spacial score (nSPS) is 20.7. The van der Waals surface area contributed by atoms with E-state index in [0.717, 1.165) is 48.5 Å². The van der Waals surface area contributed by atoms with Gasteiger partial charge >= 0.3 is 6.09 Å². The van der Waals surface area contributed by atoms with Crippen molar-refractivity contribution >= 4 is 23.2 Å². The number of aromatic nitrogens is 2. The maximum atomic E-state index is 15.8. The molecule has 2 aromatic heterocycles. The van der Waals surface area contributed by atoms with E-state index in [1.165, 1.54) is 12.1 Å². The molecule has 3 heterocycles. The SMILES string of the molecule is CCN(C(=O)c1cc(F)ccc1-c1cc(N2CCC(NCC3(F)CCC(NC(=O)OC(C)(C)C)CC3)CC2)cn2c(C)ncc12)C(C)C. The predicted molar refractivity (Wildman–Crippen MR) is 186 cm³/mol. The molecule has 1 saturated heterocycles. The number of carbonyl (C=O) groups excluding carboxylic acids is 2.